The fraction of sp³-hybridized carbons (Fsp3) is 0.476. The molecule has 2 aromatic rings. The van der Waals surface area contributed by atoms with Gasteiger partial charge in [-0.25, -0.2) is 4.98 Å². The number of hydrogen-bond donors (Lipinski definition) is 1. The molecule has 0 spiro atoms. The van der Waals surface area contributed by atoms with Crippen molar-refractivity contribution in [3.63, 3.8) is 0 Å². The number of likely N-dealkylation sites (tertiary alicyclic amines) is 1. The lowest BCUT2D eigenvalue weighted by Crippen LogP contribution is -2.41. The van der Waals surface area contributed by atoms with Crippen LogP contribution in [0.5, 0.6) is 5.75 Å². The minimum Gasteiger partial charge on any atom is -0.489 e. The lowest BCUT2D eigenvalue weighted by Gasteiger charge is -2.32. The van der Waals surface area contributed by atoms with Crippen LogP contribution in [0.1, 0.15) is 44.0 Å². The van der Waals surface area contributed by atoms with Gasteiger partial charge in [0.1, 0.15) is 17.7 Å². The minimum absolute atomic E-state index is 0.0331. The number of nitrogens with zero attached hydrogens (tertiary/aromatic N) is 3. The van der Waals surface area contributed by atoms with E-state index in [9.17, 15) is 4.79 Å². The van der Waals surface area contributed by atoms with Crippen LogP contribution in [0.4, 0.5) is 5.82 Å². The second-order valence-electron chi connectivity index (χ2n) is 7.41. The first-order chi connectivity index (χ1) is 13.0. The van der Waals surface area contributed by atoms with Crippen LogP contribution in [0.15, 0.2) is 42.9 Å². The van der Waals surface area contributed by atoms with Gasteiger partial charge >= 0.3 is 0 Å². The van der Waals surface area contributed by atoms with Crippen molar-refractivity contribution < 1.29 is 9.53 Å². The average Bonchev–Trinajstić information content (AvgIpc) is 2.69. The number of aromatic nitrogens is 2. The van der Waals surface area contributed by atoms with Gasteiger partial charge in [-0.2, -0.15) is 0 Å². The average molecular weight is 368 g/mol. The summed E-state index contributed by atoms with van der Waals surface area (Å²) in [4.78, 5) is 23.1. The molecule has 1 N–H and O–H groups in total. The molecule has 1 aliphatic heterocycles. The number of nitrogens with one attached hydrogen (secondary N) is 1. The molecule has 3 heterocycles. The van der Waals surface area contributed by atoms with Gasteiger partial charge in [0.15, 0.2) is 0 Å². The van der Waals surface area contributed by atoms with Crippen molar-refractivity contribution in [1.29, 1.82) is 0 Å². The molecule has 0 aliphatic carbocycles. The zero-order valence-corrected chi connectivity index (χ0v) is 16.3. The van der Waals surface area contributed by atoms with E-state index in [1.807, 2.05) is 29.2 Å². The molecule has 2 aromatic heterocycles. The van der Waals surface area contributed by atoms with Gasteiger partial charge in [-0.15, -0.1) is 0 Å². The van der Waals surface area contributed by atoms with Gasteiger partial charge in [0.05, 0.1) is 11.8 Å². The van der Waals surface area contributed by atoms with E-state index in [1.54, 1.807) is 18.6 Å². The fourth-order valence-corrected chi connectivity index (χ4v) is 2.97. The minimum atomic E-state index is 0.0331. The summed E-state index contributed by atoms with van der Waals surface area (Å²) in [5.74, 6) is 2.13. The Bertz CT molecular complexity index is 726. The van der Waals surface area contributed by atoms with Crippen LogP contribution in [0.25, 0.3) is 0 Å². The summed E-state index contributed by atoms with van der Waals surface area (Å²) in [5, 5.41) is 3.36. The highest BCUT2D eigenvalue weighted by molar-refractivity contribution is 5.94. The monoisotopic (exact) mass is 368 g/mol. The summed E-state index contributed by atoms with van der Waals surface area (Å²) >= 11 is 0. The molecule has 1 atom stereocenters. The maximum Gasteiger partial charge on any atom is 0.255 e. The van der Waals surface area contributed by atoms with E-state index in [-0.39, 0.29) is 12.0 Å². The molecule has 6 heteroatoms. The Kier molecular flexibility index (Phi) is 6.27. The number of carbonyl (C=O) groups is 1. The Labute approximate surface area is 161 Å². The molecule has 0 radical (unpaired) electrons. The van der Waals surface area contributed by atoms with Crippen LogP contribution in [0, 0.1) is 5.92 Å². The van der Waals surface area contributed by atoms with Gasteiger partial charge < -0.3 is 15.0 Å². The molecule has 144 valence electrons. The molecule has 1 saturated heterocycles. The number of rotatable bonds is 6. The van der Waals surface area contributed by atoms with Crippen LogP contribution in [0.2, 0.25) is 0 Å². The first-order valence-corrected chi connectivity index (χ1v) is 9.61. The molecule has 0 unspecified atom stereocenters. The van der Waals surface area contributed by atoms with E-state index in [0.717, 1.165) is 24.4 Å². The first kappa shape index (κ1) is 19.1. The van der Waals surface area contributed by atoms with Crippen LogP contribution >= 0.6 is 0 Å². The highest BCUT2D eigenvalue weighted by atomic mass is 16.5. The summed E-state index contributed by atoms with van der Waals surface area (Å²) in [6.07, 6.45) is 6.88. The molecular formula is C21H28N4O2. The van der Waals surface area contributed by atoms with Crippen molar-refractivity contribution in [2.45, 2.75) is 45.8 Å². The van der Waals surface area contributed by atoms with Crippen LogP contribution < -0.4 is 10.1 Å². The number of amides is 1. The van der Waals surface area contributed by atoms with Crippen molar-refractivity contribution in [1.82, 2.24) is 14.9 Å². The Balaban J connectivity index is 1.51. The number of ether oxygens (including phenoxy) is 1. The van der Waals surface area contributed by atoms with Gasteiger partial charge in [-0.05, 0) is 37.1 Å². The number of pyridine rings is 2. The Morgan fingerprint density at radius 1 is 1.19 bits per heavy atom. The second-order valence-corrected chi connectivity index (χ2v) is 7.41. The van der Waals surface area contributed by atoms with E-state index in [0.29, 0.717) is 30.6 Å². The van der Waals surface area contributed by atoms with Crippen LogP contribution in [-0.4, -0.2) is 46.0 Å². The van der Waals surface area contributed by atoms with Gasteiger partial charge in [0, 0.05) is 44.4 Å². The van der Waals surface area contributed by atoms with Crippen LogP contribution in [0.3, 0.4) is 0 Å². The van der Waals surface area contributed by atoms with E-state index in [2.05, 4.69) is 36.1 Å². The summed E-state index contributed by atoms with van der Waals surface area (Å²) in [6.45, 7) is 7.83. The van der Waals surface area contributed by atoms with Crippen molar-refractivity contribution >= 4 is 11.7 Å². The van der Waals surface area contributed by atoms with E-state index in [1.165, 1.54) is 0 Å². The third-order valence-electron chi connectivity index (χ3n) is 5.05. The number of hydrogen-bond acceptors (Lipinski definition) is 5. The zero-order chi connectivity index (χ0) is 19.2. The molecule has 0 saturated carbocycles. The Morgan fingerprint density at radius 3 is 2.56 bits per heavy atom. The largest absolute Gasteiger partial charge is 0.489 e. The molecule has 1 fully saturated rings. The van der Waals surface area contributed by atoms with E-state index >= 15 is 0 Å². The number of piperidine rings is 1. The zero-order valence-electron chi connectivity index (χ0n) is 16.3. The third-order valence-corrected chi connectivity index (χ3v) is 5.05. The molecule has 0 bridgehead atoms. The topological polar surface area (TPSA) is 67.4 Å². The SMILES string of the molecule is CC(C)[C@H](C)Nc1ccc(C(=O)N2CCC(Oc3cccnc3)CC2)cn1. The van der Waals surface area contributed by atoms with Gasteiger partial charge in [-0.1, -0.05) is 13.8 Å². The maximum absolute atomic E-state index is 12.7. The standard InChI is InChI=1S/C21H28N4O2/c1-15(2)16(3)24-20-7-6-17(13-23-20)21(26)25-11-8-18(9-12-25)27-19-5-4-10-22-14-19/h4-7,10,13-16,18H,8-9,11-12H2,1-3H3,(H,23,24)/t16-/m0/s1. The number of carbonyl (C=O) groups excluding carboxylic acids is 1. The highest BCUT2D eigenvalue weighted by Gasteiger charge is 2.25. The van der Waals surface area contributed by atoms with Crippen LogP contribution in [-0.2, 0) is 0 Å². The molecule has 6 nitrogen and oxygen atoms in total. The van der Waals surface area contributed by atoms with E-state index in [4.69, 9.17) is 4.74 Å². The quantitative estimate of drug-likeness (QED) is 0.843. The number of anilines is 1. The summed E-state index contributed by atoms with van der Waals surface area (Å²) < 4.78 is 5.94. The smallest absolute Gasteiger partial charge is 0.255 e. The van der Waals surface area contributed by atoms with Crippen molar-refractivity contribution in [2.24, 2.45) is 5.92 Å². The third kappa shape index (κ3) is 5.18. The van der Waals surface area contributed by atoms with Crippen molar-refractivity contribution in [2.75, 3.05) is 18.4 Å². The summed E-state index contributed by atoms with van der Waals surface area (Å²) in [7, 11) is 0. The molecular weight excluding hydrogens is 340 g/mol. The molecule has 27 heavy (non-hydrogen) atoms. The van der Waals surface area contributed by atoms with Gasteiger partial charge in [0.25, 0.3) is 5.91 Å². The highest BCUT2D eigenvalue weighted by Crippen LogP contribution is 2.20. The maximum atomic E-state index is 12.7. The summed E-state index contributed by atoms with van der Waals surface area (Å²) in [5.41, 5.74) is 0.629. The summed E-state index contributed by atoms with van der Waals surface area (Å²) in [6, 6.07) is 7.83. The van der Waals surface area contributed by atoms with Crippen molar-refractivity contribution in [3.8, 4) is 5.75 Å². The van der Waals surface area contributed by atoms with E-state index < -0.39 is 0 Å². The Hall–Kier alpha value is -2.63. The molecule has 1 amide bonds. The molecule has 0 aromatic carbocycles. The lowest BCUT2D eigenvalue weighted by atomic mass is 10.1. The van der Waals surface area contributed by atoms with Gasteiger partial charge in [0.2, 0.25) is 0 Å². The Morgan fingerprint density at radius 2 is 1.96 bits per heavy atom. The normalized spacial score (nSPS) is 16.2. The first-order valence-electron chi connectivity index (χ1n) is 9.61. The van der Waals surface area contributed by atoms with Gasteiger partial charge in [-0.3, -0.25) is 9.78 Å². The lowest BCUT2D eigenvalue weighted by molar-refractivity contribution is 0.0594. The predicted octanol–water partition coefficient (Wildman–Crippen LogP) is 3.62. The second kappa shape index (κ2) is 8.84. The molecule has 3 rings (SSSR count). The predicted molar refractivity (Wildman–Crippen MR) is 106 cm³/mol. The molecule has 1 aliphatic rings. The van der Waals surface area contributed by atoms with Crippen molar-refractivity contribution in [3.05, 3.63) is 48.4 Å². The fourth-order valence-electron chi connectivity index (χ4n) is 2.97.